The van der Waals surface area contributed by atoms with Crippen molar-refractivity contribution in [2.75, 3.05) is 26.7 Å². The van der Waals surface area contributed by atoms with Gasteiger partial charge < -0.3 is 5.32 Å². The lowest BCUT2D eigenvalue weighted by atomic mass is 10.0. The predicted octanol–water partition coefficient (Wildman–Crippen LogP) is 2.17. The smallest absolute Gasteiger partial charge is 0.279 e. The second kappa shape index (κ2) is 9.15. The number of halogens is 3. The van der Waals surface area contributed by atoms with E-state index in [4.69, 9.17) is 11.6 Å². The fourth-order valence-electron chi connectivity index (χ4n) is 2.42. The standard InChI is InChI=1S/C14H21ClFN3O2S.ClH/c1-19(10-12-13(15)5-2-6-14(12)16)22(20,21)18-9-11-4-3-7-17-8-11;/h2,5-6,11,17-18H,3-4,7-10H2,1H3;1H. The average molecular weight is 386 g/mol. The topological polar surface area (TPSA) is 61.4 Å². The van der Waals surface area contributed by atoms with Crippen molar-refractivity contribution < 1.29 is 12.8 Å². The molecule has 1 fully saturated rings. The summed E-state index contributed by atoms with van der Waals surface area (Å²) < 4.78 is 41.9. The second-order valence-corrected chi connectivity index (χ2v) is 7.79. The molecule has 132 valence electrons. The van der Waals surface area contributed by atoms with E-state index in [9.17, 15) is 12.8 Å². The van der Waals surface area contributed by atoms with Crippen molar-refractivity contribution in [3.63, 3.8) is 0 Å². The number of nitrogens with zero attached hydrogens (tertiary/aromatic N) is 1. The normalized spacial score (nSPS) is 18.7. The largest absolute Gasteiger partial charge is 0.316 e. The molecule has 0 aliphatic carbocycles. The Morgan fingerprint density at radius 1 is 1.48 bits per heavy atom. The predicted molar refractivity (Wildman–Crippen MR) is 92.6 cm³/mol. The van der Waals surface area contributed by atoms with Gasteiger partial charge in [0.2, 0.25) is 0 Å². The first-order valence-electron chi connectivity index (χ1n) is 7.24. The van der Waals surface area contributed by atoms with Crippen LogP contribution in [0.2, 0.25) is 5.02 Å². The Labute approximate surface area is 148 Å². The molecule has 2 N–H and O–H groups in total. The fourth-order valence-corrected chi connectivity index (χ4v) is 3.61. The summed E-state index contributed by atoms with van der Waals surface area (Å²) in [5.41, 5.74) is 0.177. The van der Waals surface area contributed by atoms with Gasteiger partial charge in [0.15, 0.2) is 0 Å². The maximum Gasteiger partial charge on any atom is 0.279 e. The molecule has 0 amide bonds. The molecule has 1 heterocycles. The molecule has 9 heteroatoms. The van der Waals surface area contributed by atoms with Crippen LogP contribution >= 0.6 is 24.0 Å². The van der Waals surface area contributed by atoms with E-state index >= 15 is 0 Å². The maximum absolute atomic E-state index is 13.7. The molecule has 0 bridgehead atoms. The molecule has 0 radical (unpaired) electrons. The van der Waals surface area contributed by atoms with Crippen LogP contribution in [0.15, 0.2) is 18.2 Å². The van der Waals surface area contributed by atoms with E-state index in [1.807, 2.05) is 0 Å². The number of piperidine rings is 1. The van der Waals surface area contributed by atoms with Gasteiger partial charge in [-0.3, -0.25) is 0 Å². The van der Waals surface area contributed by atoms with Crippen molar-refractivity contribution >= 4 is 34.2 Å². The molecule has 0 saturated carbocycles. The molecule has 1 aromatic rings. The Balaban J connectivity index is 0.00000264. The SMILES string of the molecule is CN(Cc1c(F)cccc1Cl)S(=O)(=O)NCC1CCCNC1.Cl. The highest BCUT2D eigenvalue weighted by atomic mass is 35.5. The second-order valence-electron chi connectivity index (χ2n) is 5.52. The summed E-state index contributed by atoms with van der Waals surface area (Å²) in [5, 5.41) is 3.46. The van der Waals surface area contributed by atoms with Crippen molar-refractivity contribution in [3.05, 3.63) is 34.6 Å². The number of benzene rings is 1. The Kier molecular flexibility index (Phi) is 8.20. The number of hydrogen-bond acceptors (Lipinski definition) is 3. The molecular weight excluding hydrogens is 364 g/mol. The lowest BCUT2D eigenvalue weighted by Crippen LogP contribution is -2.43. The van der Waals surface area contributed by atoms with E-state index in [1.54, 1.807) is 6.07 Å². The van der Waals surface area contributed by atoms with Gasteiger partial charge in [0.25, 0.3) is 10.2 Å². The lowest BCUT2D eigenvalue weighted by Gasteiger charge is -2.24. The van der Waals surface area contributed by atoms with Gasteiger partial charge >= 0.3 is 0 Å². The van der Waals surface area contributed by atoms with E-state index in [0.717, 1.165) is 30.2 Å². The zero-order valence-electron chi connectivity index (χ0n) is 12.9. The zero-order valence-corrected chi connectivity index (χ0v) is 15.3. The van der Waals surface area contributed by atoms with Gasteiger partial charge in [0.1, 0.15) is 5.82 Å². The molecule has 5 nitrogen and oxygen atoms in total. The molecule has 1 atom stereocenters. The van der Waals surface area contributed by atoms with E-state index in [1.165, 1.54) is 19.2 Å². The lowest BCUT2D eigenvalue weighted by molar-refractivity contribution is 0.369. The highest BCUT2D eigenvalue weighted by Gasteiger charge is 2.22. The molecular formula is C14H22Cl2FN3O2S. The van der Waals surface area contributed by atoms with Crippen molar-refractivity contribution in [1.29, 1.82) is 0 Å². The molecule has 1 aliphatic heterocycles. The van der Waals surface area contributed by atoms with Crippen molar-refractivity contribution in [1.82, 2.24) is 14.3 Å². The van der Waals surface area contributed by atoms with E-state index in [0.29, 0.717) is 6.54 Å². The minimum atomic E-state index is -3.66. The van der Waals surface area contributed by atoms with Crippen LogP contribution in [0, 0.1) is 11.7 Å². The summed E-state index contributed by atoms with van der Waals surface area (Å²) in [5.74, 6) is -0.222. The van der Waals surface area contributed by atoms with Crippen LogP contribution in [0.5, 0.6) is 0 Å². The average Bonchev–Trinajstić information content (AvgIpc) is 2.50. The molecule has 0 spiro atoms. The van der Waals surface area contributed by atoms with Crippen LogP contribution in [-0.2, 0) is 16.8 Å². The van der Waals surface area contributed by atoms with Gasteiger partial charge in [-0.25, -0.2) is 9.11 Å². The van der Waals surface area contributed by atoms with E-state index in [2.05, 4.69) is 10.0 Å². The fraction of sp³-hybridized carbons (Fsp3) is 0.571. The van der Waals surface area contributed by atoms with Gasteiger partial charge in [-0.2, -0.15) is 12.7 Å². The van der Waals surface area contributed by atoms with Crippen molar-refractivity contribution in [3.8, 4) is 0 Å². The first-order valence-corrected chi connectivity index (χ1v) is 9.06. The Hall–Kier alpha value is -0.440. The zero-order chi connectivity index (χ0) is 16.2. The van der Waals surface area contributed by atoms with Crippen LogP contribution in [0.1, 0.15) is 18.4 Å². The van der Waals surface area contributed by atoms with Gasteiger partial charge in [-0.15, -0.1) is 12.4 Å². The summed E-state index contributed by atoms with van der Waals surface area (Å²) >= 11 is 5.93. The van der Waals surface area contributed by atoms with Crippen LogP contribution in [-0.4, -0.2) is 39.4 Å². The van der Waals surface area contributed by atoms with Crippen molar-refractivity contribution in [2.24, 2.45) is 5.92 Å². The molecule has 0 aromatic heterocycles. The van der Waals surface area contributed by atoms with Gasteiger partial charge in [-0.05, 0) is 44.0 Å². The third kappa shape index (κ3) is 5.85. The number of nitrogens with one attached hydrogen (secondary N) is 2. The van der Waals surface area contributed by atoms with Crippen LogP contribution in [0.3, 0.4) is 0 Å². The molecule has 1 aromatic carbocycles. The highest BCUT2D eigenvalue weighted by molar-refractivity contribution is 7.87. The van der Waals surface area contributed by atoms with Crippen LogP contribution in [0.25, 0.3) is 0 Å². The minimum absolute atomic E-state index is 0. The molecule has 1 unspecified atom stereocenters. The summed E-state index contributed by atoms with van der Waals surface area (Å²) in [6.45, 7) is 2.06. The highest BCUT2D eigenvalue weighted by Crippen LogP contribution is 2.21. The monoisotopic (exact) mass is 385 g/mol. The molecule has 1 aliphatic rings. The number of hydrogen-bond donors (Lipinski definition) is 2. The molecule has 2 rings (SSSR count). The first kappa shape index (κ1) is 20.6. The van der Waals surface area contributed by atoms with Crippen LogP contribution < -0.4 is 10.0 Å². The molecule has 1 saturated heterocycles. The Morgan fingerprint density at radius 3 is 2.83 bits per heavy atom. The van der Waals surface area contributed by atoms with Gasteiger partial charge in [0.05, 0.1) is 0 Å². The van der Waals surface area contributed by atoms with E-state index in [-0.39, 0.29) is 35.5 Å². The summed E-state index contributed by atoms with van der Waals surface area (Å²) in [6, 6.07) is 4.30. The minimum Gasteiger partial charge on any atom is -0.316 e. The van der Waals surface area contributed by atoms with Gasteiger partial charge in [0, 0.05) is 30.7 Å². The summed E-state index contributed by atoms with van der Waals surface area (Å²) in [7, 11) is -2.25. The quantitative estimate of drug-likeness (QED) is 0.788. The summed E-state index contributed by atoms with van der Waals surface area (Å²) in [6.07, 6.45) is 2.05. The van der Waals surface area contributed by atoms with Crippen LogP contribution in [0.4, 0.5) is 4.39 Å². The van der Waals surface area contributed by atoms with Gasteiger partial charge in [-0.1, -0.05) is 17.7 Å². The Bertz CT molecular complexity index is 590. The third-order valence-electron chi connectivity index (χ3n) is 3.81. The third-order valence-corrected chi connectivity index (χ3v) is 5.64. The first-order chi connectivity index (χ1) is 10.4. The Morgan fingerprint density at radius 2 is 2.22 bits per heavy atom. The number of rotatable bonds is 6. The van der Waals surface area contributed by atoms with Crippen molar-refractivity contribution in [2.45, 2.75) is 19.4 Å². The maximum atomic E-state index is 13.7. The van der Waals surface area contributed by atoms with E-state index < -0.39 is 16.0 Å². The molecule has 23 heavy (non-hydrogen) atoms. The summed E-state index contributed by atoms with van der Waals surface area (Å²) in [4.78, 5) is 0.